The Morgan fingerprint density at radius 2 is 1.89 bits per heavy atom. The van der Waals surface area contributed by atoms with Gasteiger partial charge >= 0.3 is 0 Å². The molecule has 0 aliphatic carbocycles. The molecule has 2 aromatic carbocycles. The fraction of sp³-hybridized carbons (Fsp3) is 0.250. The molecule has 2 aromatic rings. The van der Waals surface area contributed by atoms with Gasteiger partial charge < -0.3 is 10.5 Å². The highest BCUT2D eigenvalue weighted by molar-refractivity contribution is 9.10. The predicted octanol–water partition coefficient (Wildman–Crippen LogP) is 4.05. The van der Waals surface area contributed by atoms with E-state index < -0.39 is 0 Å². The van der Waals surface area contributed by atoms with Crippen LogP contribution in [0, 0.1) is 0 Å². The molecule has 2 rings (SSSR count). The lowest BCUT2D eigenvalue weighted by molar-refractivity contribution is 0.302. The van der Waals surface area contributed by atoms with Crippen LogP contribution in [-0.2, 0) is 19.6 Å². The Morgan fingerprint density at radius 3 is 2.58 bits per heavy atom. The average molecular weight is 320 g/mol. The maximum atomic E-state index is 5.91. The molecule has 0 atom stereocenters. The Labute approximate surface area is 122 Å². The van der Waals surface area contributed by atoms with E-state index in [0.29, 0.717) is 13.2 Å². The topological polar surface area (TPSA) is 35.2 Å². The monoisotopic (exact) mass is 319 g/mol. The smallest absolute Gasteiger partial charge is 0.122 e. The summed E-state index contributed by atoms with van der Waals surface area (Å²) in [5.41, 5.74) is 9.10. The number of halogens is 1. The summed E-state index contributed by atoms with van der Waals surface area (Å²) in [5, 5.41) is 0. The fourth-order valence-electron chi connectivity index (χ4n) is 1.93. The van der Waals surface area contributed by atoms with E-state index in [1.165, 1.54) is 5.56 Å². The van der Waals surface area contributed by atoms with Gasteiger partial charge in [-0.05, 0) is 29.7 Å². The normalized spacial score (nSPS) is 10.5. The van der Waals surface area contributed by atoms with Crippen LogP contribution in [-0.4, -0.2) is 0 Å². The quantitative estimate of drug-likeness (QED) is 0.902. The van der Waals surface area contributed by atoms with Crippen LogP contribution in [0.1, 0.15) is 23.6 Å². The molecule has 100 valence electrons. The molecular formula is C16H18BrNO. The largest absolute Gasteiger partial charge is 0.489 e. The number of para-hydroxylation sites is 1. The third-order valence-corrected chi connectivity index (χ3v) is 3.83. The van der Waals surface area contributed by atoms with E-state index in [9.17, 15) is 0 Å². The van der Waals surface area contributed by atoms with E-state index >= 15 is 0 Å². The van der Waals surface area contributed by atoms with Crippen molar-refractivity contribution in [2.75, 3.05) is 0 Å². The molecule has 0 unspecified atom stereocenters. The summed E-state index contributed by atoms with van der Waals surface area (Å²) >= 11 is 3.56. The molecule has 2 N–H and O–H groups in total. The molecule has 0 spiro atoms. The highest BCUT2D eigenvalue weighted by atomic mass is 79.9. The zero-order chi connectivity index (χ0) is 13.7. The highest BCUT2D eigenvalue weighted by Gasteiger charge is 2.04. The lowest BCUT2D eigenvalue weighted by Gasteiger charge is -2.12. The van der Waals surface area contributed by atoms with Gasteiger partial charge in [-0.3, -0.25) is 0 Å². The molecule has 3 heteroatoms. The molecule has 0 heterocycles. The summed E-state index contributed by atoms with van der Waals surface area (Å²) in [4.78, 5) is 0. The second-order valence-electron chi connectivity index (χ2n) is 4.38. The van der Waals surface area contributed by atoms with Crippen LogP contribution in [0.15, 0.2) is 46.9 Å². The van der Waals surface area contributed by atoms with Crippen LogP contribution in [0.4, 0.5) is 0 Å². The highest BCUT2D eigenvalue weighted by Crippen LogP contribution is 2.23. The van der Waals surface area contributed by atoms with Crippen LogP contribution in [0.2, 0.25) is 0 Å². The summed E-state index contributed by atoms with van der Waals surface area (Å²) in [6.07, 6.45) is 0.976. The standard InChI is InChI=1S/C16H18BrNO/c1-2-13-5-3-4-6-16(13)19-11-14-8-7-12(10-18)9-15(14)17/h3-9H,2,10-11,18H2,1H3. The third kappa shape index (κ3) is 3.58. The van der Waals surface area contributed by atoms with E-state index in [4.69, 9.17) is 10.5 Å². The molecule has 0 bridgehead atoms. The number of aryl methyl sites for hydroxylation is 1. The van der Waals surface area contributed by atoms with Crippen LogP contribution in [0.3, 0.4) is 0 Å². The zero-order valence-corrected chi connectivity index (χ0v) is 12.6. The van der Waals surface area contributed by atoms with Gasteiger partial charge in [-0.1, -0.05) is 53.2 Å². The van der Waals surface area contributed by atoms with Gasteiger partial charge in [-0.25, -0.2) is 0 Å². The van der Waals surface area contributed by atoms with Crippen molar-refractivity contribution in [2.45, 2.75) is 26.5 Å². The number of nitrogens with two attached hydrogens (primary N) is 1. The Bertz CT molecular complexity index is 554. The molecule has 2 nitrogen and oxygen atoms in total. The van der Waals surface area contributed by atoms with Crippen molar-refractivity contribution in [3.05, 3.63) is 63.6 Å². The van der Waals surface area contributed by atoms with Crippen molar-refractivity contribution in [2.24, 2.45) is 5.73 Å². The minimum atomic E-state index is 0.554. The molecule has 0 aromatic heterocycles. The molecule has 0 saturated carbocycles. The van der Waals surface area contributed by atoms with Crippen molar-refractivity contribution in [3.8, 4) is 5.75 Å². The summed E-state index contributed by atoms with van der Waals surface area (Å²) in [6.45, 7) is 3.25. The van der Waals surface area contributed by atoms with Gasteiger partial charge in [0.05, 0.1) is 0 Å². The van der Waals surface area contributed by atoms with Crippen LogP contribution >= 0.6 is 15.9 Å². The Hall–Kier alpha value is -1.32. The molecule has 0 radical (unpaired) electrons. The molecule has 0 fully saturated rings. The SMILES string of the molecule is CCc1ccccc1OCc1ccc(CN)cc1Br. The fourth-order valence-corrected chi connectivity index (χ4v) is 2.47. The van der Waals surface area contributed by atoms with Crippen LogP contribution in [0.25, 0.3) is 0 Å². The van der Waals surface area contributed by atoms with Crippen molar-refractivity contribution >= 4 is 15.9 Å². The van der Waals surface area contributed by atoms with Crippen molar-refractivity contribution < 1.29 is 4.74 Å². The Kier molecular flexibility index (Phi) is 5.00. The summed E-state index contributed by atoms with van der Waals surface area (Å²) in [6, 6.07) is 14.3. The van der Waals surface area contributed by atoms with E-state index in [1.807, 2.05) is 30.3 Å². The first kappa shape index (κ1) is 14.1. The predicted molar refractivity (Wildman–Crippen MR) is 82.2 cm³/mol. The minimum absolute atomic E-state index is 0.554. The second kappa shape index (κ2) is 6.73. The van der Waals surface area contributed by atoms with Gasteiger partial charge in [0, 0.05) is 16.6 Å². The summed E-state index contributed by atoms with van der Waals surface area (Å²) < 4.78 is 6.95. The Balaban J connectivity index is 2.10. The van der Waals surface area contributed by atoms with E-state index in [2.05, 4.69) is 35.0 Å². The van der Waals surface area contributed by atoms with Gasteiger partial charge in [0.1, 0.15) is 12.4 Å². The number of rotatable bonds is 5. The molecule has 0 amide bonds. The number of ether oxygens (including phenoxy) is 1. The minimum Gasteiger partial charge on any atom is -0.489 e. The van der Waals surface area contributed by atoms with Crippen molar-refractivity contribution in [3.63, 3.8) is 0 Å². The maximum absolute atomic E-state index is 5.91. The van der Waals surface area contributed by atoms with Gasteiger partial charge in [0.2, 0.25) is 0 Å². The van der Waals surface area contributed by atoms with Crippen molar-refractivity contribution in [1.82, 2.24) is 0 Å². The first-order valence-corrected chi connectivity index (χ1v) is 7.22. The first-order valence-electron chi connectivity index (χ1n) is 6.42. The summed E-state index contributed by atoms with van der Waals surface area (Å²) in [5.74, 6) is 0.958. The lowest BCUT2D eigenvalue weighted by Crippen LogP contribution is -2.01. The molecular weight excluding hydrogens is 302 g/mol. The number of benzene rings is 2. The maximum Gasteiger partial charge on any atom is 0.122 e. The zero-order valence-electron chi connectivity index (χ0n) is 11.0. The molecule has 19 heavy (non-hydrogen) atoms. The van der Waals surface area contributed by atoms with E-state index in [-0.39, 0.29) is 0 Å². The number of hydrogen-bond acceptors (Lipinski definition) is 2. The van der Waals surface area contributed by atoms with Gasteiger partial charge in [-0.15, -0.1) is 0 Å². The molecule has 0 aliphatic heterocycles. The van der Waals surface area contributed by atoms with Crippen LogP contribution < -0.4 is 10.5 Å². The first-order chi connectivity index (χ1) is 9.24. The molecule has 0 aliphatic rings. The average Bonchev–Trinajstić information content (AvgIpc) is 2.46. The van der Waals surface area contributed by atoms with Crippen molar-refractivity contribution in [1.29, 1.82) is 0 Å². The van der Waals surface area contributed by atoms with Crippen LogP contribution in [0.5, 0.6) is 5.75 Å². The van der Waals surface area contributed by atoms with Gasteiger partial charge in [0.25, 0.3) is 0 Å². The summed E-state index contributed by atoms with van der Waals surface area (Å²) in [7, 11) is 0. The number of hydrogen-bond donors (Lipinski definition) is 1. The Morgan fingerprint density at radius 1 is 1.11 bits per heavy atom. The third-order valence-electron chi connectivity index (χ3n) is 3.09. The van der Waals surface area contributed by atoms with Gasteiger partial charge in [0.15, 0.2) is 0 Å². The molecule has 0 saturated heterocycles. The van der Waals surface area contributed by atoms with Gasteiger partial charge in [-0.2, -0.15) is 0 Å². The lowest BCUT2D eigenvalue weighted by atomic mass is 10.1. The second-order valence-corrected chi connectivity index (χ2v) is 5.23. The van der Waals surface area contributed by atoms with E-state index in [1.54, 1.807) is 0 Å². The van der Waals surface area contributed by atoms with E-state index in [0.717, 1.165) is 27.8 Å².